The summed E-state index contributed by atoms with van der Waals surface area (Å²) >= 11 is 0. The van der Waals surface area contributed by atoms with Crippen molar-refractivity contribution in [3.8, 4) is 11.8 Å². The van der Waals surface area contributed by atoms with Gasteiger partial charge in [-0.2, -0.15) is 5.26 Å². The lowest BCUT2D eigenvalue weighted by molar-refractivity contribution is -0.118. The van der Waals surface area contributed by atoms with Crippen LogP contribution in [-0.4, -0.2) is 12.4 Å². The third-order valence-electron chi connectivity index (χ3n) is 1.74. The van der Waals surface area contributed by atoms with Crippen molar-refractivity contribution in [2.75, 3.05) is 6.61 Å². The quantitative estimate of drug-likeness (QED) is 0.742. The molecule has 1 aromatic carbocycles. The molecule has 0 radical (unpaired) electrons. The van der Waals surface area contributed by atoms with Gasteiger partial charge in [-0.05, 0) is 24.3 Å². The maximum absolute atomic E-state index is 12.5. The van der Waals surface area contributed by atoms with E-state index in [0.29, 0.717) is 5.75 Å². The van der Waals surface area contributed by atoms with Crippen LogP contribution in [0, 0.1) is 17.1 Å². The number of carbonyl (C=O) groups excluding carboxylic acids is 1. The Labute approximate surface area is 87.1 Å². The fraction of sp³-hybridized carbons (Fsp3) is 0.273. The Hall–Kier alpha value is -1.89. The molecule has 0 N–H and O–H groups in total. The first kappa shape index (κ1) is 11.2. The van der Waals surface area contributed by atoms with E-state index in [-0.39, 0.29) is 31.0 Å². The van der Waals surface area contributed by atoms with Crippen LogP contribution in [0.3, 0.4) is 0 Å². The zero-order valence-corrected chi connectivity index (χ0v) is 8.07. The van der Waals surface area contributed by atoms with Gasteiger partial charge in [-0.25, -0.2) is 4.39 Å². The SMILES string of the molecule is N#CCC(=O)CCOc1ccc(F)cc1. The largest absolute Gasteiger partial charge is 0.493 e. The molecule has 4 heteroatoms. The van der Waals surface area contributed by atoms with Gasteiger partial charge in [-0.1, -0.05) is 0 Å². The van der Waals surface area contributed by atoms with Crippen molar-refractivity contribution in [2.24, 2.45) is 0 Å². The van der Waals surface area contributed by atoms with E-state index in [9.17, 15) is 9.18 Å². The minimum Gasteiger partial charge on any atom is -0.493 e. The molecular formula is C11H10FNO2. The molecule has 1 rings (SSSR count). The van der Waals surface area contributed by atoms with E-state index < -0.39 is 0 Å². The first-order valence-electron chi connectivity index (χ1n) is 4.49. The van der Waals surface area contributed by atoms with Gasteiger partial charge in [-0.3, -0.25) is 4.79 Å². The van der Waals surface area contributed by atoms with Crippen LogP contribution >= 0.6 is 0 Å². The van der Waals surface area contributed by atoms with Gasteiger partial charge < -0.3 is 4.74 Å². The fourth-order valence-corrected chi connectivity index (χ4v) is 0.990. The summed E-state index contributed by atoms with van der Waals surface area (Å²) < 4.78 is 17.7. The third-order valence-corrected chi connectivity index (χ3v) is 1.74. The highest BCUT2D eigenvalue weighted by Gasteiger charge is 2.01. The summed E-state index contributed by atoms with van der Waals surface area (Å²) in [6.07, 6.45) is 0.109. The Kier molecular flexibility index (Phi) is 4.30. The molecule has 0 aliphatic heterocycles. The van der Waals surface area contributed by atoms with Crippen LogP contribution in [0.2, 0.25) is 0 Å². The number of nitriles is 1. The monoisotopic (exact) mass is 207 g/mol. The lowest BCUT2D eigenvalue weighted by Gasteiger charge is -2.03. The van der Waals surface area contributed by atoms with E-state index in [1.807, 2.05) is 0 Å². The van der Waals surface area contributed by atoms with Gasteiger partial charge in [0.25, 0.3) is 0 Å². The summed E-state index contributed by atoms with van der Waals surface area (Å²) in [5.74, 6) is 0.0312. The van der Waals surface area contributed by atoms with Gasteiger partial charge in [0, 0.05) is 6.42 Å². The van der Waals surface area contributed by atoms with Crippen LogP contribution in [0.5, 0.6) is 5.75 Å². The van der Waals surface area contributed by atoms with Crippen molar-refractivity contribution in [3.63, 3.8) is 0 Å². The van der Waals surface area contributed by atoms with Gasteiger partial charge in [0.05, 0.1) is 19.1 Å². The number of ketones is 1. The van der Waals surface area contributed by atoms with Crippen LogP contribution < -0.4 is 4.74 Å². The molecule has 3 nitrogen and oxygen atoms in total. The van der Waals surface area contributed by atoms with E-state index >= 15 is 0 Å². The lowest BCUT2D eigenvalue weighted by atomic mass is 10.2. The molecule has 0 fully saturated rings. The van der Waals surface area contributed by atoms with Crippen LogP contribution in [0.15, 0.2) is 24.3 Å². The number of halogens is 1. The van der Waals surface area contributed by atoms with Crippen molar-refractivity contribution in [1.82, 2.24) is 0 Å². The number of carbonyl (C=O) groups is 1. The van der Waals surface area contributed by atoms with Gasteiger partial charge in [0.1, 0.15) is 17.3 Å². The number of ether oxygens (including phenoxy) is 1. The molecule has 0 aliphatic carbocycles. The van der Waals surface area contributed by atoms with Crippen molar-refractivity contribution in [3.05, 3.63) is 30.1 Å². The maximum atomic E-state index is 12.5. The number of hydrogen-bond acceptors (Lipinski definition) is 3. The number of hydrogen-bond donors (Lipinski definition) is 0. The Balaban J connectivity index is 2.29. The van der Waals surface area contributed by atoms with E-state index in [1.165, 1.54) is 24.3 Å². The van der Waals surface area contributed by atoms with Gasteiger partial charge in [0.2, 0.25) is 0 Å². The molecule has 0 aromatic heterocycles. The molecule has 0 aliphatic rings. The summed E-state index contributed by atoms with van der Waals surface area (Å²) in [6, 6.07) is 7.32. The second-order valence-corrected chi connectivity index (χ2v) is 2.93. The second-order valence-electron chi connectivity index (χ2n) is 2.93. The number of Topliss-reactive ketones (excluding diaryl/α,β-unsaturated/α-hetero) is 1. The average Bonchev–Trinajstić information content (AvgIpc) is 2.21. The van der Waals surface area contributed by atoms with E-state index in [4.69, 9.17) is 10.00 Å². The molecule has 0 unspecified atom stereocenters. The molecule has 78 valence electrons. The molecule has 0 spiro atoms. The molecule has 0 amide bonds. The molecule has 0 bridgehead atoms. The van der Waals surface area contributed by atoms with E-state index in [1.54, 1.807) is 6.07 Å². The smallest absolute Gasteiger partial charge is 0.150 e. The molecular weight excluding hydrogens is 197 g/mol. The Morgan fingerprint density at radius 2 is 2.07 bits per heavy atom. The Morgan fingerprint density at radius 1 is 1.40 bits per heavy atom. The van der Waals surface area contributed by atoms with Crippen molar-refractivity contribution in [1.29, 1.82) is 5.26 Å². The lowest BCUT2D eigenvalue weighted by Crippen LogP contribution is -2.05. The molecule has 0 saturated heterocycles. The molecule has 15 heavy (non-hydrogen) atoms. The first-order valence-corrected chi connectivity index (χ1v) is 4.49. The summed E-state index contributed by atoms with van der Waals surface area (Å²) in [4.78, 5) is 10.9. The summed E-state index contributed by atoms with van der Waals surface area (Å²) in [7, 11) is 0. The highest BCUT2D eigenvalue weighted by molar-refractivity contribution is 5.80. The fourth-order valence-electron chi connectivity index (χ4n) is 0.990. The van der Waals surface area contributed by atoms with Crippen molar-refractivity contribution < 1.29 is 13.9 Å². The van der Waals surface area contributed by atoms with Gasteiger partial charge in [-0.15, -0.1) is 0 Å². The normalized spacial score (nSPS) is 9.33. The van der Waals surface area contributed by atoms with Crippen LogP contribution in [0.25, 0.3) is 0 Å². The van der Waals surface area contributed by atoms with E-state index in [2.05, 4.69) is 0 Å². The van der Waals surface area contributed by atoms with Crippen molar-refractivity contribution in [2.45, 2.75) is 12.8 Å². The standard InChI is InChI=1S/C11H10FNO2/c12-9-1-3-11(4-2-9)15-8-6-10(14)5-7-13/h1-4H,5-6,8H2. The molecule has 0 atom stereocenters. The highest BCUT2D eigenvalue weighted by Crippen LogP contribution is 2.11. The van der Waals surface area contributed by atoms with Crippen LogP contribution in [-0.2, 0) is 4.79 Å². The predicted molar refractivity (Wildman–Crippen MR) is 51.7 cm³/mol. The first-order chi connectivity index (χ1) is 7.22. The average molecular weight is 207 g/mol. The number of benzene rings is 1. The van der Waals surface area contributed by atoms with Crippen molar-refractivity contribution >= 4 is 5.78 Å². The molecule has 0 saturated carbocycles. The predicted octanol–water partition coefficient (Wildman–Crippen LogP) is 2.08. The minimum absolute atomic E-state index is 0.0905. The maximum Gasteiger partial charge on any atom is 0.150 e. The molecule has 0 heterocycles. The third kappa shape index (κ3) is 4.23. The Bertz CT molecular complexity index is 367. The van der Waals surface area contributed by atoms with E-state index in [0.717, 1.165) is 0 Å². The topological polar surface area (TPSA) is 50.1 Å². The highest BCUT2D eigenvalue weighted by atomic mass is 19.1. The van der Waals surface area contributed by atoms with Crippen LogP contribution in [0.1, 0.15) is 12.8 Å². The second kappa shape index (κ2) is 5.76. The van der Waals surface area contributed by atoms with Crippen LogP contribution in [0.4, 0.5) is 4.39 Å². The molecule has 1 aromatic rings. The summed E-state index contributed by atoms with van der Waals surface area (Å²) in [5.41, 5.74) is 0. The minimum atomic E-state index is -0.331. The zero-order chi connectivity index (χ0) is 11.1. The summed E-state index contributed by atoms with van der Waals surface area (Å²) in [6.45, 7) is 0.214. The van der Waals surface area contributed by atoms with Gasteiger partial charge in [0.15, 0.2) is 0 Å². The zero-order valence-electron chi connectivity index (χ0n) is 8.07. The van der Waals surface area contributed by atoms with Gasteiger partial charge >= 0.3 is 0 Å². The Morgan fingerprint density at radius 3 is 2.67 bits per heavy atom. The number of nitrogens with zero attached hydrogens (tertiary/aromatic N) is 1. The number of rotatable bonds is 5. The summed E-state index contributed by atoms with van der Waals surface area (Å²) in [5, 5.41) is 8.23.